The van der Waals surface area contributed by atoms with Crippen molar-refractivity contribution in [3.63, 3.8) is 0 Å². The van der Waals surface area contributed by atoms with Crippen LogP contribution in [0.1, 0.15) is 20.8 Å². The number of aromatic nitrogens is 2. The van der Waals surface area contributed by atoms with Crippen LogP contribution in [0, 0.1) is 12.8 Å². The molecule has 0 aromatic carbocycles. The van der Waals surface area contributed by atoms with Crippen LogP contribution in [0.4, 0.5) is 5.82 Å². The van der Waals surface area contributed by atoms with Crippen molar-refractivity contribution in [2.24, 2.45) is 10.9 Å². The van der Waals surface area contributed by atoms with Crippen LogP contribution in [-0.2, 0) is 0 Å². The van der Waals surface area contributed by atoms with E-state index in [1.807, 2.05) is 12.2 Å². The van der Waals surface area contributed by atoms with Crippen molar-refractivity contribution in [1.29, 1.82) is 0 Å². The van der Waals surface area contributed by atoms with Crippen LogP contribution in [0.25, 0.3) is 0 Å². The number of carbonyl (C=O) groups is 2. The third kappa shape index (κ3) is 1.25. The zero-order valence-corrected chi connectivity index (χ0v) is 9.12. The molecule has 1 aliphatic heterocycles. The maximum atomic E-state index is 12.2. The van der Waals surface area contributed by atoms with Gasteiger partial charge in [-0.15, -0.1) is 0 Å². The molecule has 0 saturated heterocycles. The molecule has 3 rings (SSSR count). The maximum absolute atomic E-state index is 12.2. The van der Waals surface area contributed by atoms with Gasteiger partial charge in [-0.2, -0.15) is 9.78 Å². The Morgan fingerprint density at radius 3 is 3.00 bits per heavy atom. The highest BCUT2D eigenvalue weighted by atomic mass is 16.2. The molecule has 1 aliphatic carbocycles. The Morgan fingerprint density at radius 2 is 2.24 bits per heavy atom. The van der Waals surface area contributed by atoms with Crippen molar-refractivity contribution in [2.75, 3.05) is 0 Å². The van der Waals surface area contributed by atoms with Gasteiger partial charge in [0.05, 0.1) is 17.0 Å². The Hall–Kier alpha value is -2.30. The fraction of sp³-hybridized carbons (Fsp3) is 0.167. The molecule has 5 heteroatoms. The fourth-order valence-corrected chi connectivity index (χ4v) is 2.03. The first-order valence-electron chi connectivity index (χ1n) is 5.25. The summed E-state index contributed by atoms with van der Waals surface area (Å²) in [6.07, 6.45) is 7.88. The third-order valence-electron chi connectivity index (χ3n) is 2.91. The number of fused-ring (bicyclic) bond motifs is 2. The quantitative estimate of drug-likeness (QED) is 0.682. The normalized spacial score (nSPS) is 20.9. The van der Waals surface area contributed by atoms with Crippen LogP contribution < -0.4 is 0 Å². The van der Waals surface area contributed by atoms with E-state index < -0.39 is 0 Å². The lowest BCUT2D eigenvalue weighted by molar-refractivity contribution is 0.0873. The summed E-state index contributed by atoms with van der Waals surface area (Å²) >= 11 is 0. The van der Waals surface area contributed by atoms with Crippen molar-refractivity contribution < 1.29 is 9.59 Å². The van der Waals surface area contributed by atoms with E-state index in [0.717, 1.165) is 0 Å². The number of allylic oxidation sites excluding steroid dienone is 4. The number of nitrogens with zero attached hydrogens (tertiary/aromatic N) is 3. The van der Waals surface area contributed by atoms with Crippen molar-refractivity contribution in [3.05, 3.63) is 35.6 Å². The number of hydrogen-bond donors (Lipinski definition) is 0. The predicted molar refractivity (Wildman–Crippen MR) is 61.8 cm³/mol. The lowest BCUT2D eigenvalue weighted by Crippen LogP contribution is -2.31. The van der Waals surface area contributed by atoms with Gasteiger partial charge in [0.25, 0.3) is 5.91 Å². The zero-order valence-electron chi connectivity index (χ0n) is 9.12. The van der Waals surface area contributed by atoms with Crippen molar-refractivity contribution in [3.8, 4) is 0 Å². The topological polar surface area (TPSA) is 64.3 Å². The Balaban J connectivity index is 2.27. The molecule has 0 bridgehead atoms. The highest BCUT2D eigenvalue weighted by Gasteiger charge is 2.32. The molecule has 1 atom stereocenters. The second kappa shape index (κ2) is 3.35. The average molecular weight is 227 g/mol. The van der Waals surface area contributed by atoms with E-state index in [9.17, 15) is 9.59 Å². The lowest BCUT2D eigenvalue weighted by Gasteiger charge is -2.19. The van der Waals surface area contributed by atoms with Gasteiger partial charge in [0.15, 0.2) is 12.1 Å². The molecule has 17 heavy (non-hydrogen) atoms. The van der Waals surface area contributed by atoms with Crippen LogP contribution in [0.15, 0.2) is 29.3 Å². The molecule has 0 spiro atoms. The monoisotopic (exact) mass is 227 g/mol. The molecule has 0 N–H and O–H groups in total. The molecule has 84 valence electrons. The summed E-state index contributed by atoms with van der Waals surface area (Å²) in [5, 5.41) is 4.06. The van der Waals surface area contributed by atoms with Crippen molar-refractivity contribution >= 4 is 23.7 Å². The summed E-state index contributed by atoms with van der Waals surface area (Å²) in [6.45, 7) is 1.69. The predicted octanol–water partition coefficient (Wildman–Crippen LogP) is 1.47. The molecule has 5 nitrogen and oxygen atoms in total. The summed E-state index contributed by atoms with van der Waals surface area (Å²) < 4.78 is 1.22. The minimum absolute atomic E-state index is 0.165. The number of hydrogen-bond acceptors (Lipinski definition) is 4. The van der Waals surface area contributed by atoms with Gasteiger partial charge < -0.3 is 0 Å². The lowest BCUT2D eigenvalue weighted by atomic mass is 9.96. The molecule has 0 saturated carbocycles. The molecule has 2 aliphatic rings. The SMILES string of the molecule is Cc1nn2c(c1C=O)N=C1C=CC=CC1C2=O. The van der Waals surface area contributed by atoms with Crippen LogP contribution in [0.2, 0.25) is 0 Å². The third-order valence-corrected chi connectivity index (χ3v) is 2.91. The molecule has 0 radical (unpaired) electrons. The Bertz CT molecular complexity index is 620. The zero-order chi connectivity index (χ0) is 12.0. The first-order valence-corrected chi connectivity index (χ1v) is 5.25. The average Bonchev–Trinajstić information content (AvgIpc) is 2.66. The second-order valence-electron chi connectivity index (χ2n) is 3.95. The smallest absolute Gasteiger partial charge is 0.261 e. The highest BCUT2D eigenvalue weighted by Crippen LogP contribution is 2.29. The van der Waals surface area contributed by atoms with E-state index in [2.05, 4.69) is 10.1 Å². The van der Waals surface area contributed by atoms with Gasteiger partial charge in [-0.3, -0.25) is 9.59 Å². The summed E-state index contributed by atoms with van der Waals surface area (Å²) in [5.41, 5.74) is 1.57. The van der Waals surface area contributed by atoms with Gasteiger partial charge in [-0.05, 0) is 13.0 Å². The maximum Gasteiger partial charge on any atom is 0.261 e. The van der Waals surface area contributed by atoms with E-state index in [1.165, 1.54) is 4.68 Å². The molecule has 1 aromatic rings. The molecule has 0 amide bonds. The summed E-state index contributed by atoms with van der Waals surface area (Å²) in [4.78, 5) is 27.4. The summed E-state index contributed by atoms with van der Waals surface area (Å²) in [6, 6.07) is 0. The first-order chi connectivity index (χ1) is 8.22. The number of aldehydes is 1. The highest BCUT2D eigenvalue weighted by molar-refractivity contribution is 6.16. The molecule has 1 unspecified atom stereocenters. The van der Waals surface area contributed by atoms with E-state index in [4.69, 9.17) is 0 Å². The van der Waals surface area contributed by atoms with E-state index in [1.54, 1.807) is 19.1 Å². The second-order valence-corrected chi connectivity index (χ2v) is 3.95. The number of aliphatic imine (C=N–C) groups is 1. The van der Waals surface area contributed by atoms with Gasteiger partial charge in [0.1, 0.15) is 5.92 Å². The largest absolute Gasteiger partial charge is 0.298 e. The first kappa shape index (κ1) is 9.89. The summed E-state index contributed by atoms with van der Waals surface area (Å²) in [7, 11) is 0. The molecular weight excluding hydrogens is 218 g/mol. The number of carbonyl (C=O) groups excluding carboxylic acids is 2. The van der Waals surface area contributed by atoms with Gasteiger partial charge >= 0.3 is 0 Å². The molecular formula is C12H9N3O2. The molecule has 2 heterocycles. The van der Waals surface area contributed by atoms with E-state index >= 15 is 0 Å². The number of rotatable bonds is 1. The van der Waals surface area contributed by atoms with E-state index in [-0.39, 0.29) is 11.8 Å². The van der Waals surface area contributed by atoms with E-state index in [0.29, 0.717) is 29.1 Å². The minimum Gasteiger partial charge on any atom is -0.298 e. The summed E-state index contributed by atoms with van der Waals surface area (Å²) in [5.74, 6) is -0.207. The van der Waals surface area contributed by atoms with Crippen LogP contribution in [-0.4, -0.2) is 27.7 Å². The van der Waals surface area contributed by atoms with Gasteiger partial charge in [0, 0.05) is 0 Å². The molecule has 0 fully saturated rings. The van der Waals surface area contributed by atoms with Crippen molar-refractivity contribution in [1.82, 2.24) is 9.78 Å². The van der Waals surface area contributed by atoms with Crippen LogP contribution in [0.3, 0.4) is 0 Å². The Kier molecular flexibility index (Phi) is 1.95. The molecule has 1 aromatic heterocycles. The van der Waals surface area contributed by atoms with Crippen LogP contribution >= 0.6 is 0 Å². The standard InChI is InChI=1S/C12H9N3O2/c1-7-9(6-16)11-13-10-5-3-2-4-8(10)12(17)15(11)14-7/h2-6,8H,1H3. The Morgan fingerprint density at radius 1 is 1.41 bits per heavy atom. The van der Waals surface area contributed by atoms with Gasteiger partial charge in [0.2, 0.25) is 0 Å². The van der Waals surface area contributed by atoms with Crippen LogP contribution in [0.5, 0.6) is 0 Å². The van der Waals surface area contributed by atoms with Gasteiger partial charge in [-0.1, -0.05) is 18.2 Å². The Labute approximate surface area is 97.2 Å². The fourth-order valence-electron chi connectivity index (χ4n) is 2.03. The van der Waals surface area contributed by atoms with Gasteiger partial charge in [-0.25, -0.2) is 4.99 Å². The van der Waals surface area contributed by atoms with Crippen molar-refractivity contribution in [2.45, 2.75) is 6.92 Å². The number of aryl methyl sites for hydroxylation is 1. The minimum atomic E-state index is -0.383.